The van der Waals surface area contributed by atoms with Gasteiger partial charge < -0.3 is 10.1 Å². The molecule has 0 fully saturated rings. The molecule has 0 aromatic heterocycles. The smallest absolute Gasteiger partial charge is 0.187 e. The van der Waals surface area contributed by atoms with Crippen molar-refractivity contribution in [1.82, 2.24) is 10.7 Å². The number of ether oxygens (including phenoxy) is 1. The number of thiocarbonyl (C=S) groups is 1. The highest BCUT2D eigenvalue weighted by Gasteiger charge is 1.96. The van der Waals surface area contributed by atoms with Gasteiger partial charge in [0, 0.05) is 13.7 Å². The van der Waals surface area contributed by atoms with Crippen LogP contribution in [0.5, 0.6) is 0 Å². The molecule has 114 valence electrons. The van der Waals surface area contributed by atoms with E-state index < -0.39 is 0 Å². The zero-order chi connectivity index (χ0) is 15.6. The number of hydrogen-bond acceptors (Lipinski definition) is 3. The van der Waals surface area contributed by atoms with Gasteiger partial charge in [-0.05, 0) is 28.9 Å². The Morgan fingerprint density at radius 1 is 1.09 bits per heavy atom. The van der Waals surface area contributed by atoms with Crippen molar-refractivity contribution in [3.8, 4) is 11.1 Å². The van der Waals surface area contributed by atoms with Gasteiger partial charge in [-0.15, -0.1) is 0 Å². The minimum atomic E-state index is 0.481. The molecule has 2 N–H and O–H groups in total. The minimum absolute atomic E-state index is 0.481. The van der Waals surface area contributed by atoms with Crippen LogP contribution in [0.2, 0.25) is 0 Å². The Bertz CT molecular complexity index is 612. The lowest BCUT2D eigenvalue weighted by Gasteiger charge is -2.05. The third-order valence-electron chi connectivity index (χ3n) is 2.99. The molecule has 0 saturated carbocycles. The molecule has 0 aliphatic rings. The Hall–Kier alpha value is -2.24. The molecule has 0 bridgehead atoms. The summed E-state index contributed by atoms with van der Waals surface area (Å²) in [6.07, 6.45) is 1.74. The quantitative estimate of drug-likeness (QED) is 0.373. The number of hydrogen-bond donors (Lipinski definition) is 2. The number of hydrazone groups is 1. The van der Waals surface area contributed by atoms with Crippen molar-refractivity contribution < 1.29 is 4.74 Å². The number of rotatable bonds is 6. The normalized spacial score (nSPS) is 10.6. The van der Waals surface area contributed by atoms with Gasteiger partial charge in [0.2, 0.25) is 0 Å². The Morgan fingerprint density at radius 2 is 1.77 bits per heavy atom. The lowest BCUT2D eigenvalue weighted by molar-refractivity contribution is 0.204. The molecule has 5 heteroatoms. The molecule has 0 radical (unpaired) electrons. The summed E-state index contributed by atoms with van der Waals surface area (Å²) >= 11 is 5.08. The van der Waals surface area contributed by atoms with Gasteiger partial charge >= 0.3 is 0 Å². The first-order valence-corrected chi connectivity index (χ1v) is 7.42. The lowest BCUT2D eigenvalue weighted by atomic mass is 10.0. The van der Waals surface area contributed by atoms with E-state index in [4.69, 9.17) is 17.0 Å². The second-order valence-corrected chi connectivity index (χ2v) is 5.01. The summed E-state index contributed by atoms with van der Waals surface area (Å²) in [5.74, 6) is 0. The van der Waals surface area contributed by atoms with E-state index in [1.807, 2.05) is 30.3 Å². The van der Waals surface area contributed by atoms with Gasteiger partial charge in [-0.1, -0.05) is 54.6 Å². The molecule has 0 amide bonds. The van der Waals surface area contributed by atoms with Crippen LogP contribution in [0.15, 0.2) is 59.7 Å². The molecule has 4 nitrogen and oxygen atoms in total. The zero-order valence-electron chi connectivity index (χ0n) is 12.5. The van der Waals surface area contributed by atoms with Crippen molar-refractivity contribution >= 4 is 23.5 Å². The third-order valence-corrected chi connectivity index (χ3v) is 3.22. The highest BCUT2D eigenvalue weighted by atomic mass is 32.1. The van der Waals surface area contributed by atoms with E-state index >= 15 is 0 Å². The highest BCUT2D eigenvalue weighted by Crippen LogP contribution is 2.18. The number of methoxy groups -OCH3 is 1. The largest absolute Gasteiger partial charge is 0.383 e. The van der Waals surface area contributed by atoms with Crippen LogP contribution in [0, 0.1) is 0 Å². The van der Waals surface area contributed by atoms with E-state index in [9.17, 15) is 0 Å². The van der Waals surface area contributed by atoms with Crippen LogP contribution < -0.4 is 10.7 Å². The van der Waals surface area contributed by atoms with Gasteiger partial charge in [0.05, 0.1) is 12.8 Å². The van der Waals surface area contributed by atoms with Crippen molar-refractivity contribution in [1.29, 1.82) is 0 Å². The topological polar surface area (TPSA) is 45.6 Å². The molecule has 0 saturated heterocycles. The van der Waals surface area contributed by atoms with Crippen LogP contribution in [0.4, 0.5) is 0 Å². The average molecular weight is 313 g/mol. The molecular formula is C17H19N3OS. The van der Waals surface area contributed by atoms with E-state index in [0.717, 1.165) is 5.56 Å². The molecule has 0 spiro atoms. The fourth-order valence-electron chi connectivity index (χ4n) is 1.86. The van der Waals surface area contributed by atoms with Gasteiger partial charge in [-0.2, -0.15) is 5.10 Å². The van der Waals surface area contributed by atoms with Crippen LogP contribution in [-0.4, -0.2) is 31.6 Å². The van der Waals surface area contributed by atoms with E-state index in [-0.39, 0.29) is 0 Å². The number of nitrogens with zero attached hydrogens (tertiary/aromatic N) is 1. The summed E-state index contributed by atoms with van der Waals surface area (Å²) in [5.41, 5.74) is 6.16. The summed E-state index contributed by atoms with van der Waals surface area (Å²) in [4.78, 5) is 0. The molecule has 0 atom stereocenters. The number of benzene rings is 2. The molecule has 2 aromatic carbocycles. The molecule has 2 aromatic rings. The maximum atomic E-state index is 5.08. The Morgan fingerprint density at radius 3 is 2.45 bits per heavy atom. The second-order valence-electron chi connectivity index (χ2n) is 4.61. The van der Waals surface area contributed by atoms with Gasteiger partial charge in [0.15, 0.2) is 5.11 Å². The summed E-state index contributed by atoms with van der Waals surface area (Å²) in [6, 6.07) is 18.5. The first-order chi connectivity index (χ1) is 10.8. The van der Waals surface area contributed by atoms with Crippen molar-refractivity contribution in [3.05, 3.63) is 60.2 Å². The van der Waals surface area contributed by atoms with E-state index in [0.29, 0.717) is 18.3 Å². The highest BCUT2D eigenvalue weighted by molar-refractivity contribution is 7.80. The summed E-state index contributed by atoms with van der Waals surface area (Å²) in [7, 11) is 1.65. The molecular weight excluding hydrogens is 294 g/mol. The SMILES string of the molecule is COCCNC(=S)NN=Cc1ccc(-c2ccccc2)cc1. The van der Waals surface area contributed by atoms with Gasteiger partial charge in [-0.25, -0.2) is 0 Å². The monoisotopic (exact) mass is 313 g/mol. The van der Waals surface area contributed by atoms with E-state index in [1.165, 1.54) is 11.1 Å². The van der Waals surface area contributed by atoms with E-state index in [2.05, 4.69) is 40.1 Å². The van der Waals surface area contributed by atoms with Crippen molar-refractivity contribution in [2.75, 3.05) is 20.3 Å². The molecule has 2 rings (SSSR count). The van der Waals surface area contributed by atoms with Crippen molar-refractivity contribution in [3.63, 3.8) is 0 Å². The van der Waals surface area contributed by atoms with Crippen molar-refractivity contribution in [2.45, 2.75) is 0 Å². The predicted molar refractivity (Wildman–Crippen MR) is 95.1 cm³/mol. The van der Waals surface area contributed by atoms with Gasteiger partial charge in [-0.3, -0.25) is 5.43 Å². The Kier molecular flexibility index (Phi) is 6.54. The van der Waals surface area contributed by atoms with Gasteiger partial charge in [0.1, 0.15) is 0 Å². The van der Waals surface area contributed by atoms with Crippen LogP contribution in [0.25, 0.3) is 11.1 Å². The molecule has 0 aliphatic carbocycles. The van der Waals surface area contributed by atoms with Gasteiger partial charge in [0.25, 0.3) is 0 Å². The average Bonchev–Trinajstić information content (AvgIpc) is 2.57. The van der Waals surface area contributed by atoms with Crippen LogP contribution in [-0.2, 0) is 4.74 Å². The third kappa shape index (κ3) is 5.27. The van der Waals surface area contributed by atoms with Crippen LogP contribution in [0.3, 0.4) is 0 Å². The van der Waals surface area contributed by atoms with Crippen LogP contribution in [0.1, 0.15) is 5.56 Å². The Labute approximate surface area is 136 Å². The summed E-state index contributed by atoms with van der Waals surface area (Å²) in [6.45, 7) is 1.26. The molecule has 0 unspecified atom stereocenters. The fraction of sp³-hybridized carbons (Fsp3) is 0.176. The summed E-state index contributed by atoms with van der Waals surface area (Å²) in [5, 5.41) is 7.57. The first kappa shape index (κ1) is 16.1. The molecule has 0 aliphatic heterocycles. The number of nitrogens with one attached hydrogen (secondary N) is 2. The first-order valence-electron chi connectivity index (χ1n) is 7.01. The predicted octanol–water partition coefficient (Wildman–Crippen LogP) is 2.80. The minimum Gasteiger partial charge on any atom is -0.383 e. The van der Waals surface area contributed by atoms with Crippen LogP contribution >= 0.6 is 12.2 Å². The standard InChI is InChI=1S/C17H19N3OS/c1-21-12-11-18-17(22)20-19-13-14-7-9-16(10-8-14)15-5-3-2-4-6-15/h2-10,13H,11-12H2,1H3,(H2,18,20,22). The zero-order valence-corrected chi connectivity index (χ0v) is 13.3. The van der Waals surface area contributed by atoms with Crippen molar-refractivity contribution in [2.24, 2.45) is 5.10 Å². The van der Waals surface area contributed by atoms with E-state index in [1.54, 1.807) is 13.3 Å². The lowest BCUT2D eigenvalue weighted by Crippen LogP contribution is -2.34. The molecule has 22 heavy (non-hydrogen) atoms. The summed E-state index contributed by atoms with van der Waals surface area (Å²) < 4.78 is 4.93. The maximum Gasteiger partial charge on any atom is 0.187 e. The fourth-order valence-corrected chi connectivity index (χ4v) is 2.02. The maximum absolute atomic E-state index is 5.08. The second kappa shape index (κ2) is 8.92. The molecule has 0 heterocycles. The Balaban J connectivity index is 1.86.